The molecule has 1 aromatic carbocycles. The SMILES string of the molecule is COc1ccc(CCC(O)c2ccc(Br)s2)cc1. The standard InChI is InChI=1S/C14H15BrO2S/c1-17-11-5-2-10(3-6-11)4-7-12(16)13-8-9-14(15)18-13/h2-3,5-6,8-9,12,16H,4,7H2,1H3. The molecule has 1 atom stereocenters. The van der Waals surface area contributed by atoms with Gasteiger partial charge in [0.1, 0.15) is 5.75 Å². The van der Waals surface area contributed by atoms with Crippen LogP contribution in [0.4, 0.5) is 0 Å². The van der Waals surface area contributed by atoms with Gasteiger partial charge in [-0.05, 0) is 58.6 Å². The number of rotatable bonds is 5. The van der Waals surface area contributed by atoms with Crippen LogP contribution in [0, 0.1) is 0 Å². The first kappa shape index (κ1) is 13.6. The molecule has 18 heavy (non-hydrogen) atoms. The van der Waals surface area contributed by atoms with E-state index in [9.17, 15) is 5.11 Å². The second-order valence-corrected chi connectivity index (χ2v) is 6.54. The highest BCUT2D eigenvalue weighted by Gasteiger charge is 2.10. The van der Waals surface area contributed by atoms with Gasteiger partial charge >= 0.3 is 0 Å². The molecule has 2 aromatic rings. The van der Waals surface area contributed by atoms with Crippen molar-refractivity contribution < 1.29 is 9.84 Å². The van der Waals surface area contributed by atoms with Gasteiger partial charge in [-0.2, -0.15) is 0 Å². The molecule has 0 aliphatic rings. The Hall–Kier alpha value is -0.840. The van der Waals surface area contributed by atoms with Crippen LogP contribution in [0.1, 0.15) is 23.0 Å². The molecule has 0 aliphatic carbocycles. The molecule has 1 heterocycles. The maximum absolute atomic E-state index is 10.1. The first-order valence-electron chi connectivity index (χ1n) is 5.75. The molecule has 0 saturated carbocycles. The zero-order valence-corrected chi connectivity index (χ0v) is 12.5. The average molecular weight is 327 g/mol. The second-order valence-electron chi connectivity index (χ2n) is 4.04. The molecule has 1 aromatic heterocycles. The number of methoxy groups -OCH3 is 1. The van der Waals surface area contributed by atoms with Crippen LogP contribution in [0.25, 0.3) is 0 Å². The van der Waals surface area contributed by atoms with Gasteiger partial charge in [-0.25, -0.2) is 0 Å². The summed E-state index contributed by atoms with van der Waals surface area (Å²) in [6.07, 6.45) is 1.21. The summed E-state index contributed by atoms with van der Waals surface area (Å²) < 4.78 is 6.17. The van der Waals surface area contributed by atoms with Gasteiger partial charge in [-0.1, -0.05) is 12.1 Å². The summed E-state index contributed by atoms with van der Waals surface area (Å²) in [5.74, 6) is 0.862. The molecule has 0 radical (unpaired) electrons. The minimum atomic E-state index is -0.386. The molecule has 0 fully saturated rings. The third-order valence-corrected chi connectivity index (χ3v) is 4.51. The number of hydrogen-bond acceptors (Lipinski definition) is 3. The van der Waals surface area contributed by atoms with Crippen molar-refractivity contribution >= 4 is 27.3 Å². The van der Waals surface area contributed by atoms with Crippen LogP contribution in [0.15, 0.2) is 40.2 Å². The normalized spacial score (nSPS) is 12.4. The Morgan fingerprint density at radius 1 is 1.22 bits per heavy atom. The van der Waals surface area contributed by atoms with Crippen molar-refractivity contribution in [2.45, 2.75) is 18.9 Å². The summed E-state index contributed by atoms with van der Waals surface area (Å²) in [5.41, 5.74) is 1.21. The molecule has 0 saturated heterocycles. The summed E-state index contributed by atoms with van der Waals surface area (Å²) in [5, 5.41) is 10.1. The zero-order valence-electron chi connectivity index (χ0n) is 10.1. The van der Waals surface area contributed by atoms with Crippen LogP contribution in [-0.4, -0.2) is 12.2 Å². The average Bonchev–Trinajstić information content (AvgIpc) is 2.83. The van der Waals surface area contributed by atoms with E-state index in [2.05, 4.69) is 15.9 Å². The lowest BCUT2D eigenvalue weighted by Crippen LogP contribution is -1.97. The zero-order chi connectivity index (χ0) is 13.0. The summed E-state index contributed by atoms with van der Waals surface area (Å²) in [7, 11) is 1.66. The van der Waals surface area contributed by atoms with Crippen LogP contribution in [0.5, 0.6) is 5.75 Å². The van der Waals surface area contributed by atoms with Crippen molar-refractivity contribution in [2.75, 3.05) is 7.11 Å². The maximum atomic E-state index is 10.1. The second kappa shape index (κ2) is 6.36. The summed E-state index contributed by atoms with van der Waals surface area (Å²) in [6.45, 7) is 0. The van der Waals surface area contributed by atoms with E-state index in [1.54, 1.807) is 18.4 Å². The van der Waals surface area contributed by atoms with Gasteiger partial charge in [0.15, 0.2) is 0 Å². The van der Waals surface area contributed by atoms with Gasteiger partial charge in [0.05, 0.1) is 17.0 Å². The molecule has 96 valence electrons. The Bertz CT molecular complexity index is 493. The van der Waals surface area contributed by atoms with E-state index in [4.69, 9.17) is 4.74 Å². The highest BCUT2D eigenvalue weighted by Crippen LogP contribution is 2.29. The lowest BCUT2D eigenvalue weighted by Gasteiger charge is -2.08. The highest BCUT2D eigenvalue weighted by atomic mass is 79.9. The lowest BCUT2D eigenvalue weighted by molar-refractivity contribution is 0.171. The van der Waals surface area contributed by atoms with Crippen molar-refractivity contribution in [3.8, 4) is 5.75 Å². The first-order valence-corrected chi connectivity index (χ1v) is 7.36. The van der Waals surface area contributed by atoms with Crippen LogP contribution in [-0.2, 0) is 6.42 Å². The first-order chi connectivity index (χ1) is 8.69. The summed E-state index contributed by atoms with van der Waals surface area (Å²) in [4.78, 5) is 1.01. The van der Waals surface area contributed by atoms with Gasteiger partial charge < -0.3 is 9.84 Å². The number of aryl methyl sites for hydroxylation is 1. The molecule has 0 spiro atoms. The Morgan fingerprint density at radius 2 is 1.94 bits per heavy atom. The van der Waals surface area contributed by atoms with Crippen molar-refractivity contribution in [1.82, 2.24) is 0 Å². The predicted octanol–water partition coefficient (Wildman–Crippen LogP) is 4.19. The quantitative estimate of drug-likeness (QED) is 0.892. The van der Waals surface area contributed by atoms with Crippen LogP contribution in [0.3, 0.4) is 0 Å². The molecular formula is C14H15BrO2S. The molecule has 2 rings (SSSR count). The fourth-order valence-corrected chi connectivity index (χ4v) is 3.19. The molecule has 0 aliphatic heterocycles. The molecule has 0 amide bonds. The highest BCUT2D eigenvalue weighted by molar-refractivity contribution is 9.11. The van der Waals surface area contributed by atoms with E-state index < -0.39 is 0 Å². The number of aliphatic hydroxyl groups is 1. The fourth-order valence-electron chi connectivity index (χ4n) is 1.75. The minimum Gasteiger partial charge on any atom is -0.497 e. The van der Waals surface area contributed by atoms with Crippen molar-refractivity contribution in [1.29, 1.82) is 0 Å². The number of hydrogen-bond donors (Lipinski definition) is 1. The molecule has 4 heteroatoms. The van der Waals surface area contributed by atoms with E-state index in [0.29, 0.717) is 0 Å². The van der Waals surface area contributed by atoms with Crippen molar-refractivity contribution in [3.63, 3.8) is 0 Å². The summed E-state index contributed by atoms with van der Waals surface area (Å²) >= 11 is 4.99. The van der Waals surface area contributed by atoms with E-state index >= 15 is 0 Å². The maximum Gasteiger partial charge on any atom is 0.118 e. The lowest BCUT2D eigenvalue weighted by atomic mass is 10.1. The number of aliphatic hydroxyl groups excluding tert-OH is 1. The Labute approximate surface area is 119 Å². The smallest absolute Gasteiger partial charge is 0.118 e. The fraction of sp³-hybridized carbons (Fsp3) is 0.286. The van der Waals surface area contributed by atoms with Crippen LogP contribution >= 0.6 is 27.3 Å². The third-order valence-electron chi connectivity index (χ3n) is 2.79. The number of halogens is 1. The van der Waals surface area contributed by atoms with Gasteiger partial charge in [0.2, 0.25) is 0 Å². The van der Waals surface area contributed by atoms with Gasteiger partial charge in [0, 0.05) is 4.88 Å². The van der Waals surface area contributed by atoms with Crippen LogP contribution < -0.4 is 4.74 Å². The number of benzene rings is 1. The minimum absolute atomic E-state index is 0.386. The van der Waals surface area contributed by atoms with Gasteiger partial charge in [-0.3, -0.25) is 0 Å². The van der Waals surface area contributed by atoms with E-state index in [1.165, 1.54) is 5.56 Å². The molecule has 2 nitrogen and oxygen atoms in total. The predicted molar refractivity (Wildman–Crippen MR) is 78.3 cm³/mol. The molecule has 0 bridgehead atoms. The van der Waals surface area contributed by atoms with Gasteiger partial charge in [-0.15, -0.1) is 11.3 Å². The third kappa shape index (κ3) is 3.57. The molecular weight excluding hydrogens is 312 g/mol. The Morgan fingerprint density at radius 3 is 2.50 bits per heavy atom. The van der Waals surface area contributed by atoms with Gasteiger partial charge in [0.25, 0.3) is 0 Å². The molecule has 1 unspecified atom stereocenters. The number of ether oxygens (including phenoxy) is 1. The molecule has 1 N–H and O–H groups in total. The largest absolute Gasteiger partial charge is 0.497 e. The summed E-state index contributed by atoms with van der Waals surface area (Å²) in [6, 6.07) is 11.9. The van der Waals surface area contributed by atoms with E-state index in [-0.39, 0.29) is 6.10 Å². The van der Waals surface area contributed by atoms with Crippen molar-refractivity contribution in [2.24, 2.45) is 0 Å². The Kier molecular flexibility index (Phi) is 4.80. The Balaban J connectivity index is 1.90. The van der Waals surface area contributed by atoms with Crippen LogP contribution in [0.2, 0.25) is 0 Å². The van der Waals surface area contributed by atoms with E-state index in [0.717, 1.165) is 27.3 Å². The number of thiophene rings is 1. The van der Waals surface area contributed by atoms with E-state index in [1.807, 2.05) is 36.4 Å². The van der Waals surface area contributed by atoms with Crippen molar-refractivity contribution in [3.05, 3.63) is 50.6 Å². The monoisotopic (exact) mass is 326 g/mol. The topological polar surface area (TPSA) is 29.5 Å².